The minimum Gasteiger partial charge on any atom is -0.468 e. The number of rotatable bonds is 7. The van der Waals surface area contributed by atoms with Crippen LogP contribution in [0.25, 0.3) is 0 Å². The zero-order valence-corrected chi connectivity index (χ0v) is 12.8. The number of hydrogen-bond acceptors (Lipinski definition) is 4. The van der Waals surface area contributed by atoms with Gasteiger partial charge in [-0.1, -0.05) is 13.8 Å². The van der Waals surface area contributed by atoms with Crippen LogP contribution in [0.1, 0.15) is 36.0 Å². The van der Waals surface area contributed by atoms with Gasteiger partial charge in [-0.2, -0.15) is 0 Å². The average molecular weight is 303 g/mol. The van der Waals surface area contributed by atoms with Crippen molar-refractivity contribution >= 4 is 5.91 Å². The number of carbonyl (C=O) groups excluding carboxylic acids is 1. The summed E-state index contributed by atoms with van der Waals surface area (Å²) in [5.41, 5.74) is 0.200. The zero-order chi connectivity index (χ0) is 15.9. The molecule has 6 heteroatoms. The van der Waals surface area contributed by atoms with Gasteiger partial charge in [0.05, 0.1) is 17.9 Å². The molecule has 2 N–H and O–H groups in total. The molecule has 6 nitrogen and oxygen atoms in total. The standard InChI is InChI=1S/C16H21N3O3/c1-3-19(4-2)13(14-6-5-9-22-14)11-18-16(21)12-7-8-15(20)17-10-12/h5-10,13H,3-4,11H2,1-2H3,(H,17,20)(H,18,21)/t13-/m1/s1. The van der Waals surface area contributed by atoms with E-state index in [-0.39, 0.29) is 17.5 Å². The lowest BCUT2D eigenvalue weighted by Crippen LogP contribution is -2.38. The predicted molar refractivity (Wildman–Crippen MR) is 83.8 cm³/mol. The average Bonchev–Trinajstić information content (AvgIpc) is 3.06. The minimum atomic E-state index is -0.229. The number of pyridine rings is 1. The molecule has 0 unspecified atom stereocenters. The number of likely N-dealkylation sites (N-methyl/N-ethyl adjacent to an activating group) is 1. The Hall–Kier alpha value is -2.34. The van der Waals surface area contributed by atoms with Crippen molar-refractivity contribution < 1.29 is 9.21 Å². The monoisotopic (exact) mass is 303 g/mol. The van der Waals surface area contributed by atoms with Crippen molar-refractivity contribution in [1.82, 2.24) is 15.2 Å². The van der Waals surface area contributed by atoms with Gasteiger partial charge in [0.2, 0.25) is 5.56 Å². The van der Waals surface area contributed by atoms with E-state index in [1.165, 1.54) is 18.3 Å². The van der Waals surface area contributed by atoms with E-state index in [9.17, 15) is 9.59 Å². The molecular formula is C16H21N3O3. The molecule has 0 saturated carbocycles. The van der Waals surface area contributed by atoms with Gasteiger partial charge in [0.1, 0.15) is 5.76 Å². The molecule has 0 radical (unpaired) electrons. The van der Waals surface area contributed by atoms with Crippen molar-refractivity contribution in [3.05, 3.63) is 58.4 Å². The number of H-pyrrole nitrogens is 1. The van der Waals surface area contributed by atoms with Crippen LogP contribution in [-0.4, -0.2) is 35.4 Å². The van der Waals surface area contributed by atoms with Gasteiger partial charge < -0.3 is 14.7 Å². The van der Waals surface area contributed by atoms with E-state index >= 15 is 0 Å². The Morgan fingerprint density at radius 1 is 1.32 bits per heavy atom. The first-order valence-electron chi connectivity index (χ1n) is 7.40. The number of hydrogen-bond donors (Lipinski definition) is 2. The maximum Gasteiger partial charge on any atom is 0.252 e. The molecule has 0 aliphatic carbocycles. The van der Waals surface area contributed by atoms with Crippen molar-refractivity contribution in [2.45, 2.75) is 19.9 Å². The molecule has 118 valence electrons. The van der Waals surface area contributed by atoms with Crippen LogP contribution in [0.2, 0.25) is 0 Å². The van der Waals surface area contributed by atoms with E-state index in [0.29, 0.717) is 12.1 Å². The van der Waals surface area contributed by atoms with Crippen LogP contribution in [0.5, 0.6) is 0 Å². The first-order valence-corrected chi connectivity index (χ1v) is 7.40. The lowest BCUT2D eigenvalue weighted by atomic mass is 10.1. The fourth-order valence-electron chi connectivity index (χ4n) is 2.40. The third-order valence-electron chi connectivity index (χ3n) is 3.63. The van der Waals surface area contributed by atoms with E-state index in [0.717, 1.165) is 18.8 Å². The van der Waals surface area contributed by atoms with Crippen LogP contribution in [0.3, 0.4) is 0 Å². The fourth-order valence-corrected chi connectivity index (χ4v) is 2.40. The molecule has 2 rings (SSSR count). The maximum absolute atomic E-state index is 12.1. The molecule has 2 aromatic rings. The SMILES string of the molecule is CCN(CC)[C@H](CNC(=O)c1ccc(=O)[nH]c1)c1ccco1. The molecule has 0 aliphatic rings. The van der Waals surface area contributed by atoms with Crippen LogP contribution in [0.15, 0.2) is 45.9 Å². The van der Waals surface area contributed by atoms with E-state index in [1.807, 2.05) is 12.1 Å². The Labute approximate surface area is 129 Å². The molecule has 1 amide bonds. The summed E-state index contributed by atoms with van der Waals surface area (Å²) in [6.45, 7) is 6.30. The van der Waals surface area contributed by atoms with Gasteiger partial charge >= 0.3 is 0 Å². The lowest BCUT2D eigenvalue weighted by Gasteiger charge is -2.28. The molecule has 2 aromatic heterocycles. The summed E-state index contributed by atoms with van der Waals surface area (Å²) in [6, 6.07) is 6.58. The van der Waals surface area contributed by atoms with Gasteiger partial charge in [0, 0.05) is 18.8 Å². The smallest absolute Gasteiger partial charge is 0.252 e. The van der Waals surface area contributed by atoms with E-state index < -0.39 is 0 Å². The number of carbonyl (C=O) groups is 1. The van der Waals surface area contributed by atoms with Crippen LogP contribution in [-0.2, 0) is 0 Å². The summed E-state index contributed by atoms with van der Waals surface area (Å²) in [6.07, 6.45) is 3.05. The summed E-state index contributed by atoms with van der Waals surface area (Å²) in [5.74, 6) is 0.602. The second-order valence-electron chi connectivity index (χ2n) is 4.90. The third kappa shape index (κ3) is 3.85. The highest BCUT2D eigenvalue weighted by molar-refractivity contribution is 5.93. The maximum atomic E-state index is 12.1. The van der Waals surface area contributed by atoms with Gasteiger partial charge in [0.15, 0.2) is 0 Å². The number of aromatic amines is 1. The van der Waals surface area contributed by atoms with Crippen molar-refractivity contribution in [2.75, 3.05) is 19.6 Å². The second kappa shape index (κ2) is 7.61. The third-order valence-corrected chi connectivity index (χ3v) is 3.63. The molecule has 0 aliphatic heterocycles. The molecular weight excluding hydrogens is 282 g/mol. The van der Waals surface area contributed by atoms with Crippen LogP contribution < -0.4 is 10.9 Å². The Kier molecular flexibility index (Phi) is 5.55. The zero-order valence-electron chi connectivity index (χ0n) is 12.8. The number of nitrogens with one attached hydrogen (secondary N) is 2. The highest BCUT2D eigenvalue weighted by Crippen LogP contribution is 2.20. The minimum absolute atomic E-state index is 0.0169. The topological polar surface area (TPSA) is 78.3 Å². The summed E-state index contributed by atoms with van der Waals surface area (Å²) in [4.78, 5) is 27.9. The summed E-state index contributed by atoms with van der Waals surface area (Å²) in [5, 5.41) is 2.89. The molecule has 0 bridgehead atoms. The van der Waals surface area contributed by atoms with Crippen LogP contribution in [0, 0.1) is 0 Å². The summed E-state index contributed by atoms with van der Waals surface area (Å²) >= 11 is 0. The fraction of sp³-hybridized carbons (Fsp3) is 0.375. The quantitative estimate of drug-likeness (QED) is 0.817. The van der Waals surface area contributed by atoms with Crippen molar-refractivity contribution in [3.63, 3.8) is 0 Å². The molecule has 22 heavy (non-hydrogen) atoms. The van der Waals surface area contributed by atoms with Gasteiger partial charge in [-0.3, -0.25) is 14.5 Å². The molecule has 0 fully saturated rings. The molecule has 0 aromatic carbocycles. The van der Waals surface area contributed by atoms with Crippen molar-refractivity contribution in [1.29, 1.82) is 0 Å². The molecule has 0 spiro atoms. The Bertz CT molecular complexity index is 624. The number of furan rings is 1. The molecule has 1 atom stereocenters. The molecule has 0 saturated heterocycles. The Morgan fingerprint density at radius 3 is 2.64 bits per heavy atom. The highest BCUT2D eigenvalue weighted by atomic mass is 16.3. The normalized spacial score (nSPS) is 12.3. The largest absolute Gasteiger partial charge is 0.468 e. The Balaban J connectivity index is 2.06. The predicted octanol–water partition coefficient (Wildman–Crippen LogP) is 1.78. The van der Waals surface area contributed by atoms with Crippen molar-refractivity contribution in [3.8, 4) is 0 Å². The van der Waals surface area contributed by atoms with E-state index in [4.69, 9.17) is 4.42 Å². The second-order valence-corrected chi connectivity index (χ2v) is 4.90. The van der Waals surface area contributed by atoms with Crippen LogP contribution >= 0.6 is 0 Å². The van der Waals surface area contributed by atoms with Gasteiger partial charge in [0.25, 0.3) is 5.91 Å². The molecule has 2 heterocycles. The van der Waals surface area contributed by atoms with E-state index in [1.54, 1.807) is 6.26 Å². The van der Waals surface area contributed by atoms with E-state index in [2.05, 4.69) is 29.0 Å². The summed E-state index contributed by atoms with van der Waals surface area (Å²) in [7, 11) is 0. The first-order chi connectivity index (χ1) is 10.7. The summed E-state index contributed by atoms with van der Waals surface area (Å²) < 4.78 is 5.49. The number of nitrogens with zero attached hydrogens (tertiary/aromatic N) is 1. The van der Waals surface area contributed by atoms with Gasteiger partial charge in [-0.25, -0.2) is 0 Å². The van der Waals surface area contributed by atoms with Crippen molar-refractivity contribution in [2.24, 2.45) is 0 Å². The van der Waals surface area contributed by atoms with Crippen LogP contribution in [0.4, 0.5) is 0 Å². The van der Waals surface area contributed by atoms with Gasteiger partial charge in [-0.15, -0.1) is 0 Å². The number of amides is 1. The first kappa shape index (κ1) is 16.0. The lowest BCUT2D eigenvalue weighted by molar-refractivity contribution is 0.0929. The van der Waals surface area contributed by atoms with Gasteiger partial charge in [-0.05, 0) is 31.3 Å². The number of aromatic nitrogens is 1. The Morgan fingerprint density at radius 2 is 2.09 bits per heavy atom. The highest BCUT2D eigenvalue weighted by Gasteiger charge is 2.21.